The third kappa shape index (κ3) is 3.29. The van der Waals surface area contributed by atoms with E-state index in [1.807, 2.05) is 47.4 Å². The van der Waals surface area contributed by atoms with Gasteiger partial charge >= 0.3 is 0 Å². The second-order valence-corrected chi connectivity index (χ2v) is 7.48. The summed E-state index contributed by atoms with van der Waals surface area (Å²) >= 11 is 0. The van der Waals surface area contributed by atoms with Crippen molar-refractivity contribution < 1.29 is 4.79 Å². The van der Waals surface area contributed by atoms with Crippen molar-refractivity contribution in [2.45, 2.75) is 25.3 Å². The number of piperidine rings is 1. The Morgan fingerprint density at radius 1 is 1.07 bits per heavy atom. The molecule has 0 radical (unpaired) electrons. The lowest BCUT2D eigenvalue weighted by Crippen LogP contribution is -2.40. The third-order valence-electron chi connectivity index (χ3n) is 5.69. The summed E-state index contributed by atoms with van der Waals surface area (Å²) in [5.41, 5.74) is 2.59. The van der Waals surface area contributed by atoms with Crippen LogP contribution in [0.2, 0.25) is 0 Å². The molecule has 1 N–H and O–H groups in total. The van der Waals surface area contributed by atoms with Crippen LogP contribution in [0.25, 0.3) is 21.9 Å². The number of carbonyl (C=O) groups excluding carboxylic acids is 1. The predicted octanol–water partition coefficient (Wildman–Crippen LogP) is 2.68. The number of H-pyrrole nitrogens is 1. The molecule has 146 valence electrons. The van der Waals surface area contributed by atoms with Crippen molar-refractivity contribution >= 4 is 27.8 Å². The second kappa shape index (κ2) is 7.16. The van der Waals surface area contributed by atoms with Crippen LogP contribution in [0.3, 0.4) is 0 Å². The molecule has 0 atom stereocenters. The summed E-state index contributed by atoms with van der Waals surface area (Å²) in [4.78, 5) is 34.8. The van der Waals surface area contributed by atoms with Crippen LogP contribution in [-0.4, -0.2) is 43.6 Å². The van der Waals surface area contributed by atoms with Crippen LogP contribution in [0, 0.1) is 0 Å². The van der Waals surface area contributed by atoms with E-state index in [-0.39, 0.29) is 17.9 Å². The Bertz CT molecular complexity index is 1220. The zero-order valence-corrected chi connectivity index (χ0v) is 15.9. The van der Waals surface area contributed by atoms with Gasteiger partial charge in [-0.05, 0) is 37.1 Å². The van der Waals surface area contributed by atoms with E-state index in [9.17, 15) is 9.59 Å². The molecule has 1 aliphatic rings. The minimum absolute atomic E-state index is 0.0226. The maximum absolute atomic E-state index is 12.8. The molecule has 7 heteroatoms. The van der Waals surface area contributed by atoms with Crippen LogP contribution in [0.5, 0.6) is 0 Å². The monoisotopic (exact) mass is 387 g/mol. The van der Waals surface area contributed by atoms with Crippen LogP contribution in [-0.2, 0) is 11.3 Å². The molecule has 5 rings (SSSR count). The van der Waals surface area contributed by atoms with Crippen LogP contribution < -0.4 is 5.43 Å². The zero-order valence-electron chi connectivity index (χ0n) is 15.9. The first-order valence-electron chi connectivity index (χ1n) is 9.86. The van der Waals surface area contributed by atoms with Crippen LogP contribution in [0.4, 0.5) is 0 Å². The van der Waals surface area contributed by atoms with Crippen LogP contribution in [0.15, 0.2) is 59.5 Å². The Morgan fingerprint density at radius 2 is 1.83 bits per heavy atom. The second-order valence-electron chi connectivity index (χ2n) is 7.48. The molecular formula is C22H21N5O2. The summed E-state index contributed by atoms with van der Waals surface area (Å²) in [6.07, 6.45) is 3.04. The van der Waals surface area contributed by atoms with E-state index < -0.39 is 0 Å². The number of para-hydroxylation sites is 3. The maximum Gasteiger partial charge on any atom is 0.244 e. The molecule has 1 saturated heterocycles. The van der Waals surface area contributed by atoms with Gasteiger partial charge < -0.3 is 9.88 Å². The molecule has 1 fully saturated rings. The van der Waals surface area contributed by atoms with Crippen molar-refractivity contribution in [2.75, 3.05) is 13.1 Å². The SMILES string of the molecule is O=C(Cn1ncc(=O)c2ccccc21)N1CCC(c2nc3ccccc3[nH]2)CC1. The van der Waals surface area contributed by atoms with E-state index in [0.29, 0.717) is 29.9 Å². The third-order valence-corrected chi connectivity index (χ3v) is 5.69. The first-order chi connectivity index (χ1) is 14.2. The van der Waals surface area contributed by atoms with E-state index >= 15 is 0 Å². The molecule has 0 aliphatic carbocycles. The van der Waals surface area contributed by atoms with Crippen molar-refractivity contribution in [1.29, 1.82) is 0 Å². The van der Waals surface area contributed by atoms with Crippen LogP contribution >= 0.6 is 0 Å². The summed E-state index contributed by atoms with van der Waals surface area (Å²) < 4.78 is 1.62. The average molecular weight is 387 g/mol. The van der Waals surface area contributed by atoms with Gasteiger partial charge in [0.15, 0.2) is 0 Å². The Balaban J connectivity index is 1.28. The molecule has 3 heterocycles. The van der Waals surface area contributed by atoms with Gasteiger partial charge in [-0.15, -0.1) is 0 Å². The lowest BCUT2D eigenvalue weighted by molar-refractivity contribution is -0.133. The lowest BCUT2D eigenvalue weighted by Gasteiger charge is -2.31. The molecule has 1 amide bonds. The number of hydrogen-bond donors (Lipinski definition) is 1. The van der Waals surface area contributed by atoms with Gasteiger partial charge in [-0.1, -0.05) is 24.3 Å². The summed E-state index contributed by atoms with van der Waals surface area (Å²) in [5.74, 6) is 1.36. The van der Waals surface area contributed by atoms with Gasteiger partial charge in [0.05, 0.1) is 22.7 Å². The Hall–Kier alpha value is -3.48. The molecule has 2 aromatic heterocycles. The number of carbonyl (C=O) groups is 1. The minimum Gasteiger partial charge on any atom is -0.342 e. The van der Waals surface area contributed by atoms with E-state index in [1.54, 1.807) is 10.7 Å². The number of benzene rings is 2. The van der Waals surface area contributed by atoms with Crippen LogP contribution in [0.1, 0.15) is 24.6 Å². The number of likely N-dealkylation sites (tertiary alicyclic amines) is 1. The number of hydrogen-bond acceptors (Lipinski definition) is 4. The van der Waals surface area contributed by atoms with Crippen molar-refractivity contribution in [1.82, 2.24) is 24.6 Å². The molecule has 29 heavy (non-hydrogen) atoms. The number of aromatic amines is 1. The van der Waals surface area contributed by atoms with E-state index in [1.165, 1.54) is 6.20 Å². The quantitative estimate of drug-likeness (QED) is 0.586. The Labute approximate surface area is 167 Å². The van der Waals surface area contributed by atoms with E-state index in [2.05, 4.69) is 10.1 Å². The predicted molar refractivity (Wildman–Crippen MR) is 111 cm³/mol. The fraction of sp³-hybridized carbons (Fsp3) is 0.273. The maximum atomic E-state index is 12.8. The number of nitrogens with zero attached hydrogens (tertiary/aromatic N) is 4. The smallest absolute Gasteiger partial charge is 0.244 e. The van der Waals surface area contributed by atoms with Crippen molar-refractivity contribution in [3.05, 3.63) is 70.8 Å². The van der Waals surface area contributed by atoms with Gasteiger partial charge in [0.25, 0.3) is 0 Å². The number of amides is 1. The first kappa shape index (κ1) is 17.6. The molecule has 0 unspecified atom stereocenters. The zero-order chi connectivity index (χ0) is 19.8. The highest BCUT2D eigenvalue weighted by Crippen LogP contribution is 2.27. The minimum atomic E-state index is -0.129. The van der Waals surface area contributed by atoms with E-state index in [4.69, 9.17) is 4.98 Å². The highest BCUT2D eigenvalue weighted by molar-refractivity contribution is 5.81. The molecule has 4 aromatic rings. The van der Waals surface area contributed by atoms with Gasteiger partial charge in [-0.3, -0.25) is 14.3 Å². The van der Waals surface area contributed by atoms with Gasteiger partial charge in [0.1, 0.15) is 12.4 Å². The van der Waals surface area contributed by atoms with Gasteiger partial charge in [0.2, 0.25) is 11.3 Å². The number of aromatic nitrogens is 4. The highest BCUT2D eigenvalue weighted by atomic mass is 16.2. The number of fused-ring (bicyclic) bond motifs is 2. The molecular weight excluding hydrogens is 366 g/mol. The molecule has 1 aliphatic heterocycles. The molecule has 0 saturated carbocycles. The fourth-order valence-electron chi connectivity index (χ4n) is 4.08. The Kier molecular flexibility index (Phi) is 4.35. The van der Waals surface area contributed by atoms with Crippen molar-refractivity contribution in [2.24, 2.45) is 0 Å². The summed E-state index contributed by atoms with van der Waals surface area (Å²) in [7, 11) is 0. The first-order valence-corrected chi connectivity index (χ1v) is 9.86. The largest absolute Gasteiger partial charge is 0.342 e. The van der Waals surface area contributed by atoms with Crippen molar-refractivity contribution in [3.63, 3.8) is 0 Å². The average Bonchev–Trinajstić information content (AvgIpc) is 3.20. The number of imidazole rings is 1. The standard InChI is InChI=1S/C22H21N5O2/c28-20-13-23-27(19-8-4-1-5-16(19)20)14-21(29)26-11-9-15(10-12-26)22-24-17-6-2-3-7-18(17)25-22/h1-8,13,15H,9-12,14H2,(H,24,25). The number of nitrogens with one attached hydrogen (secondary N) is 1. The molecule has 2 aromatic carbocycles. The summed E-state index contributed by atoms with van der Waals surface area (Å²) in [6.45, 7) is 1.52. The number of rotatable bonds is 3. The van der Waals surface area contributed by atoms with Crippen molar-refractivity contribution in [3.8, 4) is 0 Å². The normalized spacial score (nSPS) is 15.2. The van der Waals surface area contributed by atoms with E-state index in [0.717, 1.165) is 29.7 Å². The fourth-order valence-corrected chi connectivity index (χ4v) is 4.08. The van der Waals surface area contributed by atoms with Gasteiger partial charge in [-0.2, -0.15) is 5.10 Å². The van der Waals surface area contributed by atoms with Gasteiger partial charge in [0, 0.05) is 24.4 Å². The van der Waals surface area contributed by atoms with Gasteiger partial charge in [-0.25, -0.2) is 4.98 Å². The summed E-state index contributed by atoms with van der Waals surface area (Å²) in [6, 6.07) is 15.3. The topological polar surface area (TPSA) is 83.9 Å². The summed E-state index contributed by atoms with van der Waals surface area (Å²) in [5, 5.41) is 4.75. The highest BCUT2D eigenvalue weighted by Gasteiger charge is 2.26. The lowest BCUT2D eigenvalue weighted by atomic mass is 9.96. The Morgan fingerprint density at radius 3 is 2.66 bits per heavy atom. The molecule has 7 nitrogen and oxygen atoms in total. The molecule has 0 bridgehead atoms. The molecule has 0 spiro atoms.